The summed E-state index contributed by atoms with van der Waals surface area (Å²) in [5.41, 5.74) is 2.84. The summed E-state index contributed by atoms with van der Waals surface area (Å²) in [6, 6.07) is 8.95. The van der Waals surface area contributed by atoms with E-state index in [-0.39, 0.29) is 0 Å². The molecule has 13 heavy (non-hydrogen) atoms. The fourth-order valence-corrected chi connectivity index (χ4v) is 1.67. The lowest BCUT2D eigenvalue weighted by Gasteiger charge is -2.10. The molecule has 0 spiro atoms. The third kappa shape index (κ3) is 2.84. The lowest BCUT2D eigenvalue weighted by molar-refractivity contribution is 0.852. The minimum Gasteiger partial charge on any atom is -0.0922 e. The van der Waals surface area contributed by atoms with Gasteiger partial charge in [0.25, 0.3) is 0 Å². The number of hydrogen-bond donors (Lipinski definition) is 0. The summed E-state index contributed by atoms with van der Waals surface area (Å²) in [5.74, 6) is 1.24. The second kappa shape index (κ2) is 4.80. The minimum atomic E-state index is 0.612. The lowest BCUT2D eigenvalue weighted by atomic mass is 9.97. The number of rotatable bonds is 3. The standard InChI is InChI=1S/C12H17Br/c1-9(2)11-4-6-12(7-5-11)10(3)8-13/h4-7,9-10H,8H2,1-3H3. The summed E-state index contributed by atoms with van der Waals surface area (Å²) in [5, 5.41) is 1.04. The zero-order chi connectivity index (χ0) is 9.84. The van der Waals surface area contributed by atoms with Gasteiger partial charge in [-0.15, -0.1) is 0 Å². The summed E-state index contributed by atoms with van der Waals surface area (Å²) >= 11 is 3.50. The van der Waals surface area contributed by atoms with Crippen LogP contribution in [0, 0.1) is 0 Å². The first kappa shape index (κ1) is 10.8. The Morgan fingerprint density at radius 1 is 1.00 bits per heavy atom. The average Bonchev–Trinajstić information content (AvgIpc) is 2.17. The second-order valence-corrected chi connectivity index (χ2v) is 4.52. The molecule has 1 heteroatoms. The molecule has 1 atom stereocenters. The van der Waals surface area contributed by atoms with E-state index in [2.05, 4.69) is 61.0 Å². The first-order chi connectivity index (χ1) is 6.15. The van der Waals surface area contributed by atoms with Gasteiger partial charge in [0.1, 0.15) is 0 Å². The maximum Gasteiger partial charge on any atom is 0.00975 e. The van der Waals surface area contributed by atoms with Crippen LogP contribution in [0.15, 0.2) is 24.3 Å². The maximum absolute atomic E-state index is 3.50. The molecule has 0 aliphatic carbocycles. The SMILES string of the molecule is CC(C)c1ccc(C(C)CBr)cc1. The summed E-state index contributed by atoms with van der Waals surface area (Å²) in [7, 11) is 0. The van der Waals surface area contributed by atoms with Crippen molar-refractivity contribution in [3.8, 4) is 0 Å². The molecule has 0 fully saturated rings. The molecule has 0 N–H and O–H groups in total. The molecule has 1 aromatic carbocycles. The van der Waals surface area contributed by atoms with Crippen LogP contribution in [-0.4, -0.2) is 5.33 Å². The average molecular weight is 241 g/mol. The molecule has 72 valence electrons. The highest BCUT2D eigenvalue weighted by molar-refractivity contribution is 9.09. The number of halogens is 1. The Balaban J connectivity index is 2.81. The normalized spacial score (nSPS) is 13.3. The quantitative estimate of drug-likeness (QED) is 0.692. The lowest BCUT2D eigenvalue weighted by Crippen LogP contribution is -1.95. The number of benzene rings is 1. The highest BCUT2D eigenvalue weighted by atomic mass is 79.9. The molecule has 0 radical (unpaired) electrons. The van der Waals surface area contributed by atoms with Crippen LogP contribution < -0.4 is 0 Å². The first-order valence-corrected chi connectivity index (χ1v) is 5.93. The van der Waals surface area contributed by atoms with E-state index in [1.807, 2.05) is 0 Å². The van der Waals surface area contributed by atoms with Crippen molar-refractivity contribution in [1.82, 2.24) is 0 Å². The Morgan fingerprint density at radius 2 is 1.46 bits per heavy atom. The van der Waals surface area contributed by atoms with Crippen LogP contribution in [0.2, 0.25) is 0 Å². The van der Waals surface area contributed by atoms with Gasteiger partial charge >= 0.3 is 0 Å². The molecule has 0 bridgehead atoms. The van der Waals surface area contributed by atoms with Gasteiger partial charge in [0.2, 0.25) is 0 Å². The van der Waals surface area contributed by atoms with E-state index in [0.717, 1.165) is 5.33 Å². The van der Waals surface area contributed by atoms with Crippen molar-refractivity contribution in [3.63, 3.8) is 0 Å². The van der Waals surface area contributed by atoms with E-state index >= 15 is 0 Å². The largest absolute Gasteiger partial charge is 0.0922 e. The van der Waals surface area contributed by atoms with Gasteiger partial charge in [0.05, 0.1) is 0 Å². The van der Waals surface area contributed by atoms with Gasteiger partial charge in [-0.2, -0.15) is 0 Å². The van der Waals surface area contributed by atoms with Crippen molar-refractivity contribution < 1.29 is 0 Å². The van der Waals surface area contributed by atoms with Crippen molar-refractivity contribution in [2.45, 2.75) is 32.6 Å². The van der Waals surface area contributed by atoms with Crippen LogP contribution in [0.3, 0.4) is 0 Å². The fourth-order valence-electron chi connectivity index (χ4n) is 1.30. The van der Waals surface area contributed by atoms with Crippen LogP contribution in [0.25, 0.3) is 0 Å². The molecule has 0 heterocycles. The van der Waals surface area contributed by atoms with Gasteiger partial charge < -0.3 is 0 Å². The first-order valence-electron chi connectivity index (χ1n) is 4.81. The molecule has 0 saturated heterocycles. The Bertz CT molecular complexity index is 248. The number of alkyl halides is 1. The highest BCUT2D eigenvalue weighted by Crippen LogP contribution is 2.20. The van der Waals surface area contributed by atoms with Gasteiger partial charge in [-0.05, 0) is 23.0 Å². The predicted molar refractivity (Wildman–Crippen MR) is 62.7 cm³/mol. The van der Waals surface area contributed by atoms with Crippen LogP contribution >= 0.6 is 15.9 Å². The van der Waals surface area contributed by atoms with E-state index < -0.39 is 0 Å². The molecule has 1 unspecified atom stereocenters. The third-order valence-electron chi connectivity index (χ3n) is 2.40. The van der Waals surface area contributed by atoms with Gasteiger partial charge in [-0.25, -0.2) is 0 Å². The monoisotopic (exact) mass is 240 g/mol. The number of hydrogen-bond acceptors (Lipinski definition) is 0. The Kier molecular flexibility index (Phi) is 3.98. The zero-order valence-corrected chi connectivity index (χ0v) is 10.1. The summed E-state index contributed by atoms with van der Waals surface area (Å²) in [6.07, 6.45) is 0. The molecule has 0 saturated carbocycles. The van der Waals surface area contributed by atoms with Gasteiger partial charge in [-0.3, -0.25) is 0 Å². The molecule has 0 amide bonds. The van der Waals surface area contributed by atoms with Crippen LogP contribution in [0.1, 0.15) is 43.7 Å². The topological polar surface area (TPSA) is 0 Å². The van der Waals surface area contributed by atoms with E-state index in [1.165, 1.54) is 11.1 Å². The molecule has 1 aromatic rings. The molecular weight excluding hydrogens is 224 g/mol. The zero-order valence-electron chi connectivity index (χ0n) is 8.55. The van der Waals surface area contributed by atoms with Gasteiger partial charge in [-0.1, -0.05) is 61.0 Å². The van der Waals surface area contributed by atoms with Crippen LogP contribution in [-0.2, 0) is 0 Å². The Hall–Kier alpha value is -0.300. The van der Waals surface area contributed by atoms with E-state index in [0.29, 0.717) is 11.8 Å². The highest BCUT2D eigenvalue weighted by Gasteiger charge is 2.04. The van der Waals surface area contributed by atoms with E-state index in [9.17, 15) is 0 Å². The molecule has 1 rings (SSSR count). The van der Waals surface area contributed by atoms with Gasteiger partial charge in [0, 0.05) is 5.33 Å². The maximum atomic E-state index is 3.50. The molecule has 0 aliphatic rings. The molecule has 0 aromatic heterocycles. The van der Waals surface area contributed by atoms with Crippen LogP contribution in [0.5, 0.6) is 0 Å². The molecular formula is C12H17Br. The smallest absolute Gasteiger partial charge is 0.00975 e. The summed E-state index contributed by atoms with van der Waals surface area (Å²) in [4.78, 5) is 0. The van der Waals surface area contributed by atoms with Crippen molar-refractivity contribution in [2.75, 3.05) is 5.33 Å². The summed E-state index contributed by atoms with van der Waals surface area (Å²) in [6.45, 7) is 6.69. The Morgan fingerprint density at radius 3 is 1.85 bits per heavy atom. The van der Waals surface area contributed by atoms with Crippen molar-refractivity contribution in [3.05, 3.63) is 35.4 Å². The summed E-state index contributed by atoms with van der Waals surface area (Å²) < 4.78 is 0. The van der Waals surface area contributed by atoms with Crippen LogP contribution in [0.4, 0.5) is 0 Å². The fraction of sp³-hybridized carbons (Fsp3) is 0.500. The molecule has 0 nitrogen and oxygen atoms in total. The third-order valence-corrected chi connectivity index (χ3v) is 3.37. The van der Waals surface area contributed by atoms with E-state index in [1.54, 1.807) is 0 Å². The van der Waals surface area contributed by atoms with Crippen molar-refractivity contribution >= 4 is 15.9 Å². The van der Waals surface area contributed by atoms with Gasteiger partial charge in [0.15, 0.2) is 0 Å². The van der Waals surface area contributed by atoms with Crippen molar-refractivity contribution in [1.29, 1.82) is 0 Å². The second-order valence-electron chi connectivity index (χ2n) is 3.88. The van der Waals surface area contributed by atoms with E-state index in [4.69, 9.17) is 0 Å². The van der Waals surface area contributed by atoms with Crippen molar-refractivity contribution in [2.24, 2.45) is 0 Å². The molecule has 0 aliphatic heterocycles. The Labute approximate surface area is 89.5 Å². The minimum absolute atomic E-state index is 0.612. The predicted octanol–water partition coefficient (Wildman–Crippen LogP) is 4.31.